The number of halogens is 1. The smallest absolute Gasteiger partial charge is 0.232 e. The van der Waals surface area contributed by atoms with Gasteiger partial charge in [-0.15, -0.1) is 0 Å². The lowest BCUT2D eigenvalue weighted by atomic mass is 10.0. The quantitative estimate of drug-likeness (QED) is 0.541. The first-order valence-corrected chi connectivity index (χ1v) is 12.6. The number of H-pyrrole nitrogens is 1. The van der Waals surface area contributed by atoms with Gasteiger partial charge in [0.1, 0.15) is 23.2 Å². The molecule has 1 aromatic carbocycles. The van der Waals surface area contributed by atoms with Crippen LogP contribution in [0, 0.1) is 11.7 Å². The molecule has 2 aliphatic heterocycles. The van der Waals surface area contributed by atoms with E-state index in [9.17, 15) is 4.39 Å². The third kappa shape index (κ3) is 6.08. The molecule has 0 amide bonds. The van der Waals surface area contributed by atoms with E-state index in [0.29, 0.717) is 24.1 Å². The molecule has 37 heavy (non-hydrogen) atoms. The van der Waals surface area contributed by atoms with E-state index in [1.54, 1.807) is 18.4 Å². The lowest BCUT2D eigenvalue weighted by Crippen LogP contribution is -2.44. The number of amidine groups is 1. The van der Waals surface area contributed by atoms with E-state index in [1.807, 2.05) is 25.2 Å². The fourth-order valence-corrected chi connectivity index (χ4v) is 4.54. The number of nitrogens with one attached hydrogen (secondary N) is 2. The summed E-state index contributed by atoms with van der Waals surface area (Å²) in [5.74, 6) is 3.50. The second-order valence-electron chi connectivity index (χ2n) is 9.65. The number of benzene rings is 1. The molecule has 0 spiro atoms. The molecule has 0 aliphatic carbocycles. The molecule has 2 aromatic heterocycles. The van der Waals surface area contributed by atoms with Crippen LogP contribution in [0.2, 0.25) is 0 Å². The van der Waals surface area contributed by atoms with Crippen LogP contribution in [0.25, 0.3) is 11.5 Å². The number of aromatic nitrogens is 2. The van der Waals surface area contributed by atoms with Crippen LogP contribution >= 0.6 is 0 Å². The molecule has 0 bridgehead atoms. The molecule has 1 fully saturated rings. The number of rotatable bonds is 5. The normalized spacial score (nSPS) is 19.0. The zero-order valence-corrected chi connectivity index (χ0v) is 21.5. The largest absolute Gasteiger partial charge is 0.463 e. The van der Waals surface area contributed by atoms with Crippen molar-refractivity contribution in [1.29, 1.82) is 0 Å². The molecule has 10 heteroatoms. The van der Waals surface area contributed by atoms with Crippen LogP contribution in [0.3, 0.4) is 0 Å². The summed E-state index contributed by atoms with van der Waals surface area (Å²) in [4.78, 5) is 16.7. The van der Waals surface area contributed by atoms with Crippen molar-refractivity contribution < 1.29 is 8.81 Å². The van der Waals surface area contributed by atoms with Crippen LogP contribution in [0.5, 0.6) is 0 Å². The molecule has 4 heterocycles. The molecule has 0 radical (unpaired) electrons. The zero-order valence-electron chi connectivity index (χ0n) is 21.5. The summed E-state index contributed by atoms with van der Waals surface area (Å²) in [5, 5.41) is 10.7. The van der Waals surface area contributed by atoms with Gasteiger partial charge in [-0.1, -0.05) is 19.1 Å². The lowest BCUT2D eigenvalue weighted by Gasteiger charge is -2.35. The van der Waals surface area contributed by atoms with Gasteiger partial charge in [0, 0.05) is 51.8 Å². The van der Waals surface area contributed by atoms with Gasteiger partial charge in [0.25, 0.3) is 0 Å². The molecule has 0 saturated carbocycles. The Morgan fingerprint density at radius 3 is 2.65 bits per heavy atom. The number of allylic oxidation sites excluding steroid dienone is 1. The molecule has 1 unspecified atom stereocenters. The molecule has 5 rings (SSSR count). The maximum absolute atomic E-state index is 13.4. The van der Waals surface area contributed by atoms with Crippen molar-refractivity contribution in [2.45, 2.75) is 19.9 Å². The first-order valence-electron chi connectivity index (χ1n) is 12.6. The number of aliphatic imine (C=N–C) groups is 2. The molecular formula is C27H33FN8O. The number of guanidine groups is 1. The van der Waals surface area contributed by atoms with Crippen LogP contribution in [0.15, 0.2) is 75.0 Å². The van der Waals surface area contributed by atoms with Gasteiger partial charge in [0.2, 0.25) is 5.96 Å². The van der Waals surface area contributed by atoms with Gasteiger partial charge in [-0.3, -0.25) is 5.10 Å². The first kappa shape index (κ1) is 24.8. The molecule has 194 valence electrons. The topological polar surface area (TPSA) is 88.3 Å². The minimum absolute atomic E-state index is 0.151. The van der Waals surface area contributed by atoms with Crippen LogP contribution in [0.4, 0.5) is 10.2 Å². The maximum Gasteiger partial charge on any atom is 0.232 e. The average Bonchev–Trinajstić information content (AvgIpc) is 3.58. The van der Waals surface area contributed by atoms with Gasteiger partial charge in [0.15, 0.2) is 11.6 Å². The minimum Gasteiger partial charge on any atom is -0.463 e. The monoisotopic (exact) mass is 504 g/mol. The highest BCUT2D eigenvalue weighted by Gasteiger charge is 2.23. The van der Waals surface area contributed by atoms with Gasteiger partial charge >= 0.3 is 0 Å². The molecule has 1 atom stereocenters. The number of piperazine rings is 1. The fourth-order valence-electron chi connectivity index (χ4n) is 4.54. The van der Waals surface area contributed by atoms with E-state index in [0.717, 1.165) is 55.5 Å². The second-order valence-corrected chi connectivity index (χ2v) is 9.65. The lowest BCUT2D eigenvalue weighted by molar-refractivity contribution is 0.184. The molecule has 3 aromatic rings. The zero-order chi connectivity index (χ0) is 25.8. The molecule has 9 nitrogen and oxygen atoms in total. The Labute approximate surface area is 216 Å². The van der Waals surface area contributed by atoms with Crippen molar-refractivity contribution in [3.8, 4) is 11.5 Å². The van der Waals surface area contributed by atoms with Crippen molar-refractivity contribution in [2.24, 2.45) is 15.9 Å². The molecule has 1 saturated heterocycles. The number of nitrogens with zero attached hydrogens (tertiary/aromatic N) is 6. The second kappa shape index (κ2) is 11.0. The van der Waals surface area contributed by atoms with Crippen LogP contribution in [-0.2, 0) is 6.54 Å². The number of likely N-dealkylation sites (N-methyl/N-ethyl adjacent to an activating group) is 1. The van der Waals surface area contributed by atoms with Gasteiger partial charge in [-0.05, 0) is 49.4 Å². The highest BCUT2D eigenvalue weighted by Crippen LogP contribution is 2.23. The van der Waals surface area contributed by atoms with Crippen molar-refractivity contribution in [2.75, 3.05) is 45.6 Å². The van der Waals surface area contributed by atoms with Crippen LogP contribution < -0.4 is 5.32 Å². The van der Waals surface area contributed by atoms with Crippen molar-refractivity contribution >= 4 is 17.6 Å². The minimum atomic E-state index is -0.240. The number of anilines is 1. The van der Waals surface area contributed by atoms with Crippen LogP contribution in [-0.4, -0.2) is 77.0 Å². The first-order chi connectivity index (χ1) is 17.9. The predicted molar refractivity (Wildman–Crippen MR) is 144 cm³/mol. The summed E-state index contributed by atoms with van der Waals surface area (Å²) in [6.07, 6.45) is 4.65. The van der Waals surface area contributed by atoms with Crippen molar-refractivity contribution in [1.82, 2.24) is 24.9 Å². The number of aromatic amines is 1. The van der Waals surface area contributed by atoms with Crippen molar-refractivity contribution in [3.63, 3.8) is 0 Å². The Morgan fingerprint density at radius 2 is 1.92 bits per heavy atom. The van der Waals surface area contributed by atoms with Crippen molar-refractivity contribution in [3.05, 3.63) is 72.0 Å². The summed E-state index contributed by atoms with van der Waals surface area (Å²) in [6.45, 7) is 6.60. The standard InChI is InChI=1S/C27H33FN8O/c1-19-6-11-25(36-14-12-34(2)13-15-36)30-27(29-24-17-22(32-33-24)23-5-4-16-37-23)31-26(19)35(3)18-20-7-9-21(28)10-8-20/h4-5,7-11,16-17,19H,6,12-15,18H2,1-3H3,(H2,29,30,32,33). The van der Waals surface area contributed by atoms with Gasteiger partial charge in [-0.2, -0.15) is 15.1 Å². The Hall–Kier alpha value is -3.92. The molecule has 2 aliphatic rings. The van der Waals surface area contributed by atoms with E-state index >= 15 is 0 Å². The Kier molecular flexibility index (Phi) is 7.36. The van der Waals surface area contributed by atoms with Gasteiger partial charge < -0.3 is 24.4 Å². The Morgan fingerprint density at radius 1 is 1.14 bits per heavy atom. The van der Waals surface area contributed by atoms with E-state index in [-0.39, 0.29) is 11.7 Å². The third-order valence-electron chi connectivity index (χ3n) is 6.69. The molecular weight excluding hydrogens is 471 g/mol. The fraction of sp³-hybridized carbons (Fsp3) is 0.370. The summed E-state index contributed by atoms with van der Waals surface area (Å²) in [5.41, 5.74) is 1.77. The van der Waals surface area contributed by atoms with E-state index in [4.69, 9.17) is 14.4 Å². The summed E-state index contributed by atoms with van der Waals surface area (Å²) in [6, 6.07) is 12.2. The molecule has 2 N–H and O–H groups in total. The number of hydrogen-bond donors (Lipinski definition) is 2. The van der Waals surface area contributed by atoms with Gasteiger partial charge in [-0.25, -0.2) is 4.39 Å². The summed E-state index contributed by atoms with van der Waals surface area (Å²) < 4.78 is 18.9. The van der Waals surface area contributed by atoms with E-state index in [1.165, 1.54) is 12.1 Å². The predicted octanol–water partition coefficient (Wildman–Crippen LogP) is 4.24. The highest BCUT2D eigenvalue weighted by molar-refractivity contribution is 6.03. The Balaban J connectivity index is 1.44. The van der Waals surface area contributed by atoms with E-state index < -0.39 is 0 Å². The SMILES string of the molecule is CC1CC=C(N2CCN(C)CC2)N=C(Nc2cc(-c3ccco3)[nH]n2)N=C1N(C)Cc1ccc(F)cc1. The number of hydrogen-bond acceptors (Lipinski definition) is 8. The Bertz CT molecular complexity index is 1270. The van der Waals surface area contributed by atoms with Crippen LogP contribution in [0.1, 0.15) is 18.9 Å². The summed E-state index contributed by atoms with van der Waals surface area (Å²) in [7, 11) is 4.15. The third-order valence-corrected chi connectivity index (χ3v) is 6.69. The maximum atomic E-state index is 13.4. The highest BCUT2D eigenvalue weighted by atomic mass is 19.1. The summed E-state index contributed by atoms with van der Waals surface area (Å²) >= 11 is 0. The number of furan rings is 1. The van der Waals surface area contributed by atoms with Gasteiger partial charge in [0.05, 0.1) is 6.26 Å². The average molecular weight is 505 g/mol. The van der Waals surface area contributed by atoms with E-state index in [2.05, 4.69) is 50.3 Å².